The number of allylic oxidation sites excluding steroid dienone is 3. The highest BCUT2D eigenvalue weighted by Crippen LogP contribution is 2.45. The van der Waals surface area contributed by atoms with Crippen LogP contribution in [0.3, 0.4) is 0 Å². The van der Waals surface area contributed by atoms with Crippen molar-refractivity contribution in [3.63, 3.8) is 0 Å². The van der Waals surface area contributed by atoms with Crippen LogP contribution in [-0.2, 0) is 0 Å². The molecule has 1 rings (SSSR count). The first kappa shape index (κ1) is 13.3. The van der Waals surface area contributed by atoms with Crippen molar-refractivity contribution in [2.24, 2.45) is 11.3 Å². The quantitative estimate of drug-likeness (QED) is 0.477. The molecule has 0 heterocycles. The maximum Gasteiger partial charge on any atom is -0.00904 e. The topological polar surface area (TPSA) is 0 Å². The lowest BCUT2D eigenvalue weighted by Gasteiger charge is -2.40. The van der Waals surface area contributed by atoms with E-state index in [0.717, 1.165) is 5.92 Å². The van der Waals surface area contributed by atoms with Crippen LogP contribution in [-0.4, -0.2) is 0 Å². The standard InChI is InChI=1S/C14H23I/c1-11(10-15)8-9-14(4)12(2)6-5-7-13(14)3/h6,10,13H,5,7-9H2,1-4H3/b11-10+/t13-,14-/m0/s1. The summed E-state index contributed by atoms with van der Waals surface area (Å²) in [6.45, 7) is 9.42. The van der Waals surface area contributed by atoms with E-state index >= 15 is 0 Å². The van der Waals surface area contributed by atoms with E-state index in [9.17, 15) is 0 Å². The van der Waals surface area contributed by atoms with Gasteiger partial charge in [-0.2, -0.15) is 0 Å². The van der Waals surface area contributed by atoms with E-state index in [1.54, 1.807) is 5.57 Å². The van der Waals surface area contributed by atoms with Crippen molar-refractivity contribution in [2.45, 2.75) is 53.4 Å². The fourth-order valence-corrected chi connectivity index (χ4v) is 2.76. The average Bonchev–Trinajstić information content (AvgIpc) is 2.23. The van der Waals surface area contributed by atoms with Gasteiger partial charge < -0.3 is 0 Å². The fourth-order valence-electron chi connectivity index (χ4n) is 2.45. The van der Waals surface area contributed by atoms with Crippen molar-refractivity contribution in [1.82, 2.24) is 0 Å². The Labute approximate surface area is 108 Å². The molecule has 0 nitrogen and oxygen atoms in total. The van der Waals surface area contributed by atoms with E-state index in [0.29, 0.717) is 5.41 Å². The summed E-state index contributed by atoms with van der Waals surface area (Å²) in [5, 5.41) is 0. The highest BCUT2D eigenvalue weighted by atomic mass is 127. The Morgan fingerprint density at radius 2 is 2.33 bits per heavy atom. The molecule has 0 unspecified atom stereocenters. The van der Waals surface area contributed by atoms with Crippen LogP contribution in [0.1, 0.15) is 53.4 Å². The van der Waals surface area contributed by atoms with E-state index in [1.807, 2.05) is 0 Å². The predicted octanol–water partition coefficient (Wildman–Crippen LogP) is 5.49. The summed E-state index contributed by atoms with van der Waals surface area (Å²) in [5.74, 6) is 0.838. The molecule has 1 aliphatic rings. The van der Waals surface area contributed by atoms with Gasteiger partial charge in [0.25, 0.3) is 0 Å². The Morgan fingerprint density at radius 3 is 2.87 bits per heavy atom. The van der Waals surface area contributed by atoms with Crippen molar-refractivity contribution < 1.29 is 0 Å². The third kappa shape index (κ3) is 3.08. The number of hydrogen-bond donors (Lipinski definition) is 0. The highest BCUT2D eigenvalue weighted by molar-refractivity contribution is 14.1. The summed E-state index contributed by atoms with van der Waals surface area (Å²) in [4.78, 5) is 0. The third-order valence-electron chi connectivity index (χ3n) is 4.26. The zero-order chi connectivity index (χ0) is 11.5. The SMILES string of the molecule is CC1=CCC[C@H](C)[C@@]1(C)CC/C(C)=C/I. The first-order valence-electron chi connectivity index (χ1n) is 5.94. The molecule has 0 aliphatic heterocycles. The Morgan fingerprint density at radius 1 is 1.67 bits per heavy atom. The lowest BCUT2D eigenvalue weighted by molar-refractivity contribution is 0.211. The van der Waals surface area contributed by atoms with E-state index in [4.69, 9.17) is 0 Å². The second-order valence-corrected chi connectivity index (χ2v) is 5.86. The Kier molecular flexibility index (Phi) is 4.88. The van der Waals surface area contributed by atoms with Gasteiger partial charge in [0.1, 0.15) is 0 Å². The fraction of sp³-hybridized carbons (Fsp3) is 0.714. The number of halogens is 1. The normalized spacial score (nSPS) is 32.7. The van der Waals surface area contributed by atoms with Gasteiger partial charge in [0, 0.05) is 0 Å². The zero-order valence-corrected chi connectivity index (χ0v) is 12.6. The molecule has 0 aromatic carbocycles. The van der Waals surface area contributed by atoms with E-state index in [-0.39, 0.29) is 0 Å². The lowest BCUT2D eigenvalue weighted by atomic mass is 9.65. The molecular formula is C14H23I. The summed E-state index contributed by atoms with van der Waals surface area (Å²) in [5.41, 5.74) is 3.57. The smallest absolute Gasteiger partial charge is 0.00904 e. The van der Waals surface area contributed by atoms with Crippen LogP contribution >= 0.6 is 22.6 Å². The van der Waals surface area contributed by atoms with Crippen molar-refractivity contribution in [3.8, 4) is 0 Å². The van der Waals surface area contributed by atoms with Gasteiger partial charge in [-0.25, -0.2) is 0 Å². The van der Waals surface area contributed by atoms with Crippen LogP contribution in [0.2, 0.25) is 0 Å². The minimum Gasteiger partial charge on any atom is -0.0850 e. The first-order valence-corrected chi connectivity index (χ1v) is 7.18. The van der Waals surface area contributed by atoms with Gasteiger partial charge in [-0.15, -0.1) is 0 Å². The molecule has 0 aromatic heterocycles. The van der Waals surface area contributed by atoms with Crippen molar-refractivity contribution in [2.75, 3.05) is 0 Å². The second kappa shape index (κ2) is 5.51. The monoisotopic (exact) mass is 318 g/mol. The van der Waals surface area contributed by atoms with Gasteiger partial charge in [-0.05, 0) is 54.9 Å². The molecule has 0 amide bonds. The van der Waals surface area contributed by atoms with Crippen molar-refractivity contribution >= 4 is 22.6 Å². The van der Waals surface area contributed by atoms with Gasteiger partial charge in [-0.3, -0.25) is 0 Å². The Balaban J connectivity index is 2.71. The summed E-state index contributed by atoms with van der Waals surface area (Å²) in [6.07, 6.45) is 7.64. The summed E-state index contributed by atoms with van der Waals surface area (Å²) in [6, 6.07) is 0. The van der Waals surface area contributed by atoms with Gasteiger partial charge in [-0.1, -0.05) is 53.7 Å². The molecule has 1 heteroatoms. The van der Waals surface area contributed by atoms with Gasteiger partial charge in [0.05, 0.1) is 0 Å². The molecule has 0 radical (unpaired) electrons. The maximum absolute atomic E-state index is 2.45. The molecule has 15 heavy (non-hydrogen) atoms. The molecule has 0 bridgehead atoms. The average molecular weight is 318 g/mol. The van der Waals surface area contributed by atoms with Crippen molar-refractivity contribution in [1.29, 1.82) is 0 Å². The molecule has 0 saturated heterocycles. The molecule has 0 spiro atoms. The molecule has 0 fully saturated rings. The number of hydrogen-bond acceptors (Lipinski definition) is 0. The van der Waals surface area contributed by atoms with Crippen LogP contribution in [0.5, 0.6) is 0 Å². The van der Waals surface area contributed by atoms with E-state index < -0.39 is 0 Å². The Bertz CT molecular complexity index is 275. The molecule has 0 N–H and O–H groups in total. The largest absolute Gasteiger partial charge is 0.0850 e. The molecule has 1 aliphatic carbocycles. The predicted molar refractivity (Wildman–Crippen MR) is 77.3 cm³/mol. The maximum atomic E-state index is 2.45. The van der Waals surface area contributed by atoms with Crippen LogP contribution in [0.15, 0.2) is 21.3 Å². The van der Waals surface area contributed by atoms with Crippen LogP contribution < -0.4 is 0 Å². The minimum absolute atomic E-state index is 0.444. The van der Waals surface area contributed by atoms with Gasteiger partial charge in [0.2, 0.25) is 0 Å². The lowest BCUT2D eigenvalue weighted by Crippen LogP contribution is -2.29. The third-order valence-corrected chi connectivity index (χ3v) is 5.33. The van der Waals surface area contributed by atoms with E-state index in [1.165, 1.54) is 31.3 Å². The second-order valence-electron chi connectivity index (χ2n) is 5.24. The van der Waals surface area contributed by atoms with Crippen LogP contribution in [0.25, 0.3) is 0 Å². The van der Waals surface area contributed by atoms with Gasteiger partial charge in [0.15, 0.2) is 0 Å². The summed E-state index contributed by atoms with van der Waals surface area (Å²) >= 11 is 2.35. The summed E-state index contributed by atoms with van der Waals surface area (Å²) in [7, 11) is 0. The minimum atomic E-state index is 0.444. The summed E-state index contributed by atoms with van der Waals surface area (Å²) < 4.78 is 2.22. The van der Waals surface area contributed by atoms with Crippen molar-refractivity contribution in [3.05, 3.63) is 21.3 Å². The molecule has 2 atom stereocenters. The molecule has 0 saturated carbocycles. The van der Waals surface area contributed by atoms with E-state index in [2.05, 4.69) is 60.4 Å². The van der Waals surface area contributed by atoms with Crippen LogP contribution in [0, 0.1) is 11.3 Å². The molecule has 0 aromatic rings. The van der Waals surface area contributed by atoms with Crippen LogP contribution in [0.4, 0.5) is 0 Å². The Hall–Kier alpha value is 0.210. The van der Waals surface area contributed by atoms with Gasteiger partial charge >= 0.3 is 0 Å². The molecular weight excluding hydrogens is 295 g/mol. The molecule has 86 valence electrons. The highest BCUT2D eigenvalue weighted by Gasteiger charge is 2.34. The zero-order valence-electron chi connectivity index (χ0n) is 10.4. The first-order chi connectivity index (χ1) is 7.00. The number of rotatable bonds is 3.